The molecule has 5 rings (SSSR count). The van der Waals surface area contributed by atoms with Gasteiger partial charge in [-0.05, 0) is 91.3 Å². The highest BCUT2D eigenvalue weighted by molar-refractivity contribution is 7.86. The van der Waals surface area contributed by atoms with Gasteiger partial charge in [-0.2, -0.15) is 8.42 Å². The number of rotatable bonds is 6. The van der Waals surface area contributed by atoms with E-state index in [1.54, 1.807) is 91.9 Å². The van der Waals surface area contributed by atoms with E-state index in [-0.39, 0.29) is 16.7 Å². The van der Waals surface area contributed by atoms with Crippen molar-refractivity contribution in [1.29, 1.82) is 0 Å². The third-order valence-corrected chi connectivity index (χ3v) is 8.24. The quantitative estimate of drug-likeness (QED) is 0.156. The van der Waals surface area contributed by atoms with E-state index in [0.717, 1.165) is 5.56 Å². The van der Waals surface area contributed by atoms with Crippen molar-refractivity contribution in [2.45, 2.75) is 11.8 Å². The van der Waals surface area contributed by atoms with Crippen molar-refractivity contribution >= 4 is 60.5 Å². The second-order valence-electron chi connectivity index (χ2n) is 8.74. The highest BCUT2D eigenvalue weighted by atomic mass is 32.2. The van der Waals surface area contributed by atoms with Gasteiger partial charge in [0.2, 0.25) is 0 Å². The number of nitrogen functional groups attached to an aromatic ring is 1. The average Bonchev–Trinajstić information content (AvgIpc) is 3.33. The molecule has 0 unspecified atom stereocenters. The standard InChI is InChI=1S/C28H22N4O5S2/c1-16-2-15-23-24(25(16)39(35,36)37)38-28(32-23)19-7-13-22(14-8-19)31-27(34)18-5-11-21(12-6-18)30-26(33)17-3-9-20(29)10-4-17/h2-15H,29H2,1H3,(H,30,33)(H,31,34)(H,35,36,37). The Morgan fingerprint density at radius 3 is 1.85 bits per heavy atom. The number of thiazole rings is 1. The Labute approximate surface area is 228 Å². The van der Waals surface area contributed by atoms with Crippen molar-refractivity contribution in [2.75, 3.05) is 16.4 Å². The van der Waals surface area contributed by atoms with Gasteiger partial charge in [0.1, 0.15) is 9.90 Å². The number of amides is 2. The fourth-order valence-electron chi connectivity index (χ4n) is 3.95. The molecule has 1 aromatic heterocycles. The molecule has 0 spiro atoms. The molecule has 0 atom stereocenters. The van der Waals surface area contributed by atoms with Crippen LogP contribution in [0.15, 0.2) is 89.8 Å². The molecule has 0 fully saturated rings. The fraction of sp³-hybridized carbons (Fsp3) is 0.0357. The van der Waals surface area contributed by atoms with Crippen molar-refractivity contribution in [1.82, 2.24) is 4.98 Å². The maximum absolute atomic E-state index is 12.7. The predicted molar refractivity (Wildman–Crippen MR) is 153 cm³/mol. The summed E-state index contributed by atoms with van der Waals surface area (Å²) in [7, 11) is -4.40. The van der Waals surface area contributed by atoms with E-state index in [4.69, 9.17) is 5.73 Å². The lowest BCUT2D eigenvalue weighted by atomic mass is 10.1. The summed E-state index contributed by atoms with van der Waals surface area (Å²) in [6.45, 7) is 1.62. The van der Waals surface area contributed by atoms with Crippen LogP contribution in [0, 0.1) is 6.92 Å². The molecule has 196 valence electrons. The van der Waals surface area contributed by atoms with Crippen LogP contribution < -0.4 is 16.4 Å². The van der Waals surface area contributed by atoms with E-state index in [1.807, 2.05) is 0 Å². The number of anilines is 3. The highest BCUT2D eigenvalue weighted by Gasteiger charge is 2.21. The first-order valence-electron chi connectivity index (χ1n) is 11.6. The molecule has 2 amide bonds. The first-order chi connectivity index (χ1) is 18.6. The van der Waals surface area contributed by atoms with Crippen LogP contribution in [0.25, 0.3) is 20.8 Å². The Hall–Kier alpha value is -4.58. The summed E-state index contributed by atoms with van der Waals surface area (Å²) in [5.41, 5.74) is 9.83. The van der Waals surface area contributed by atoms with Gasteiger partial charge in [-0.1, -0.05) is 6.07 Å². The van der Waals surface area contributed by atoms with E-state index >= 15 is 0 Å². The number of nitrogens with zero attached hydrogens (tertiary/aromatic N) is 1. The lowest BCUT2D eigenvalue weighted by molar-refractivity contribution is 0.102. The van der Waals surface area contributed by atoms with Crippen molar-refractivity contribution in [3.63, 3.8) is 0 Å². The van der Waals surface area contributed by atoms with Crippen LogP contribution in [0.5, 0.6) is 0 Å². The van der Waals surface area contributed by atoms with Crippen molar-refractivity contribution in [2.24, 2.45) is 0 Å². The van der Waals surface area contributed by atoms with Crippen LogP contribution in [0.4, 0.5) is 17.1 Å². The topological polar surface area (TPSA) is 151 Å². The number of aromatic nitrogens is 1. The number of hydrogen-bond donors (Lipinski definition) is 4. The summed E-state index contributed by atoms with van der Waals surface area (Å²) in [6.07, 6.45) is 0. The molecule has 11 heteroatoms. The number of aryl methyl sites for hydroxylation is 1. The summed E-state index contributed by atoms with van der Waals surface area (Å²) in [6, 6.07) is 23.3. The molecule has 1 heterocycles. The van der Waals surface area contributed by atoms with Gasteiger partial charge in [-0.15, -0.1) is 11.3 Å². The Morgan fingerprint density at radius 2 is 1.31 bits per heavy atom. The summed E-state index contributed by atoms with van der Waals surface area (Å²) in [5, 5.41) is 6.18. The van der Waals surface area contributed by atoms with Crippen LogP contribution in [0.2, 0.25) is 0 Å². The number of carbonyl (C=O) groups excluding carboxylic acids is 2. The number of fused-ring (bicyclic) bond motifs is 1. The number of hydrogen-bond acceptors (Lipinski definition) is 7. The molecule has 0 aliphatic rings. The van der Waals surface area contributed by atoms with E-state index < -0.39 is 10.1 Å². The van der Waals surface area contributed by atoms with Crippen LogP contribution in [0.3, 0.4) is 0 Å². The summed E-state index contributed by atoms with van der Waals surface area (Å²) >= 11 is 1.17. The largest absolute Gasteiger partial charge is 0.399 e. The molecular formula is C28H22N4O5S2. The molecule has 5 N–H and O–H groups in total. The molecular weight excluding hydrogens is 536 g/mol. The lowest BCUT2D eigenvalue weighted by Crippen LogP contribution is -2.13. The van der Waals surface area contributed by atoms with Gasteiger partial charge in [0.15, 0.2) is 0 Å². The molecule has 0 bridgehead atoms. The number of nitrogens with two attached hydrogens (primary N) is 1. The normalized spacial score (nSPS) is 11.3. The molecule has 0 aliphatic heterocycles. The van der Waals surface area contributed by atoms with Gasteiger partial charge in [-0.25, -0.2) is 4.98 Å². The smallest absolute Gasteiger partial charge is 0.296 e. The van der Waals surface area contributed by atoms with Crippen LogP contribution >= 0.6 is 11.3 Å². The molecule has 9 nitrogen and oxygen atoms in total. The van der Waals surface area contributed by atoms with Gasteiger partial charge in [-0.3, -0.25) is 14.1 Å². The molecule has 39 heavy (non-hydrogen) atoms. The molecule has 0 saturated carbocycles. The molecule has 4 aromatic carbocycles. The first kappa shape index (κ1) is 26.0. The Kier molecular flexibility index (Phi) is 6.87. The second-order valence-corrected chi connectivity index (χ2v) is 11.1. The highest BCUT2D eigenvalue weighted by Crippen LogP contribution is 2.36. The van der Waals surface area contributed by atoms with E-state index in [9.17, 15) is 22.6 Å². The number of benzene rings is 4. The fourth-order valence-corrected chi connectivity index (χ4v) is 6.27. The number of carbonyl (C=O) groups is 2. The van der Waals surface area contributed by atoms with Crippen molar-refractivity contribution in [3.8, 4) is 10.6 Å². The maximum atomic E-state index is 12.7. The zero-order chi connectivity index (χ0) is 27.7. The van der Waals surface area contributed by atoms with Crippen LogP contribution in [-0.4, -0.2) is 29.8 Å². The van der Waals surface area contributed by atoms with Crippen molar-refractivity contribution in [3.05, 3.63) is 102 Å². The molecule has 5 aromatic rings. The number of nitrogens with one attached hydrogen (secondary N) is 2. The van der Waals surface area contributed by atoms with Crippen LogP contribution in [0.1, 0.15) is 26.3 Å². The van der Waals surface area contributed by atoms with E-state index in [2.05, 4.69) is 15.6 Å². The van der Waals surface area contributed by atoms with Gasteiger partial charge in [0, 0.05) is 33.8 Å². The minimum absolute atomic E-state index is 0.136. The molecule has 0 saturated heterocycles. The zero-order valence-electron chi connectivity index (χ0n) is 20.5. The van der Waals surface area contributed by atoms with Crippen molar-refractivity contribution < 1.29 is 22.6 Å². The van der Waals surface area contributed by atoms with Gasteiger partial charge in [0.25, 0.3) is 21.9 Å². The minimum atomic E-state index is -4.40. The monoisotopic (exact) mass is 558 g/mol. The maximum Gasteiger partial charge on any atom is 0.296 e. The van der Waals surface area contributed by atoms with Crippen LogP contribution in [-0.2, 0) is 10.1 Å². The molecule has 0 radical (unpaired) electrons. The van der Waals surface area contributed by atoms with E-state index in [0.29, 0.717) is 49.0 Å². The summed E-state index contributed by atoms with van der Waals surface area (Å²) in [4.78, 5) is 29.5. The average molecular weight is 559 g/mol. The Bertz CT molecular complexity index is 1810. The summed E-state index contributed by atoms with van der Waals surface area (Å²) in [5.74, 6) is -0.614. The third kappa shape index (κ3) is 5.65. The van der Waals surface area contributed by atoms with Gasteiger partial charge in [0.05, 0.1) is 10.2 Å². The zero-order valence-corrected chi connectivity index (χ0v) is 22.1. The third-order valence-electron chi connectivity index (χ3n) is 5.93. The second kappa shape index (κ2) is 10.3. The lowest BCUT2D eigenvalue weighted by Gasteiger charge is -2.08. The SMILES string of the molecule is Cc1ccc2nc(-c3ccc(NC(=O)c4ccc(NC(=O)c5ccc(N)cc5)cc4)cc3)sc2c1S(=O)(=O)O. The van der Waals surface area contributed by atoms with Gasteiger partial charge >= 0.3 is 0 Å². The predicted octanol–water partition coefficient (Wildman–Crippen LogP) is 5.61. The minimum Gasteiger partial charge on any atom is -0.399 e. The summed E-state index contributed by atoms with van der Waals surface area (Å²) < 4.78 is 33.8. The Morgan fingerprint density at radius 1 is 0.795 bits per heavy atom. The van der Waals surface area contributed by atoms with E-state index in [1.165, 1.54) is 11.3 Å². The van der Waals surface area contributed by atoms with Gasteiger partial charge < -0.3 is 16.4 Å². The first-order valence-corrected chi connectivity index (χ1v) is 13.9. The Balaban J connectivity index is 1.27. The molecule has 0 aliphatic carbocycles.